The van der Waals surface area contributed by atoms with Crippen molar-refractivity contribution in [2.45, 2.75) is 29.4 Å². The predicted molar refractivity (Wildman–Crippen MR) is 148 cm³/mol. The van der Waals surface area contributed by atoms with Crippen LogP contribution in [-0.4, -0.2) is 50.1 Å². The first-order valence-corrected chi connectivity index (χ1v) is 14.2. The molecule has 6 rings (SSSR count). The molecule has 40 heavy (non-hydrogen) atoms. The smallest absolute Gasteiger partial charge is 0.191 e. The van der Waals surface area contributed by atoms with Crippen molar-refractivity contribution in [1.29, 1.82) is 0 Å². The molecule has 0 bridgehead atoms. The fourth-order valence-electron chi connectivity index (χ4n) is 4.67. The average Bonchev–Trinajstić information content (AvgIpc) is 3.61. The summed E-state index contributed by atoms with van der Waals surface area (Å²) in [7, 11) is 0.373. The summed E-state index contributed by atoms with van der Waals surface area (Å²) < 4.78 is 49.7. The van der Waals surface area contributed by atoms with Crippen molar-refractivity contribution in [3.05, 3.63) is 66.2 Å². The normalized spacial score (nSPS) is 13.4. The SMILES string of the molecule is COc1cc2c(CS(=O)(=O)c3c(OC)cc(-c4cccnc4)cc3OC)noc2cc1Nc1cc(C2CC2)[nH]n1. The molecule has 0 radical (unpaired) electrons. The molecule has 0 spiro atoms. The number of fused-ring (bicyclic) bond motifs is 1. The van der Waals surface area contributed by atoms with Crippen LogP contribution in [0.4, 0.5) is 11.5 Å². The maximum Gasteiger partial charge on any atom is 0.191 e. The number of hydrogen-bond acceptors (Lipinski definition) is 10. The van der Waals surface area contributed by atoms with Crippen LogP contribution >= 0.6 is 0 Å². The van der Waals surface area contributed by atoms with Gasteiger partial charge in [-0.2, -0.15) is 5.10 Å². The summed E-state index contributed by atoms with van der Waals surface area (Å²) in [5, 5.41) is 15.2. The second-order valence-corrected chi connectivity index (χ2v) is 11.4. The minimum Gasteiger partial charge on any atom is -0.495 e. The van der Waals surface area contributed by atoms with Gasteiger partial charge in [0.15, 0.2) is 26.1 Å². The summed E-state index contributed by atoms with van der Waals surface area (Å²) in [5.74, 6) is 1.53. The van der Waals surface area contributed by atoms with Gasteiger partial charge in [0.1, 0.15) is 28.7 Å². The quantitative estimate of drug-likeness (QED) is 0.233. The lowest BCUT2D eigenvalue weighted by Crippen LogP contribution is -2.10. The predicted octanol–water partition coefficient (Wildman–Crippen LogP) is 5.23. The third-order valence-electron chi connectivity index (χ3n) is 6.84. The Balaban J connectivity index is 1.34. The van der Waals surface area contributed by atoms with Gasteiger partial charge in [-0.05, 0) is 42.7 Å². The van der Waals surface area contributed by atoms with Crippen molar-refractivity contribution in [3.63, 3.8) is 0 Å². The molecule has 0 saturated heterocycles. The number of H-pyrrole nitrogens is 1. The Kier molecular flexibility index (Phi) is 6.54. The lowest BCUT2D eigenvalue weighted by atomic mass is 10.1. The first kappa shape index (κ1) is 25.7. The number of sulfone groups is 1. The number of pyridine rings is 1. The van der Waals surface area contributed by atoms with Crippen molar-refractivity contribution >= 4 is 32.3 Å². The molecule has 0 atom stereocenters. The average molecular weight is 562 g/mol. The van der Waals surface area contributed by atoms with Crippen LogP contribution < -0.4 is 19.5 Å². The summed E-state index contributed by atoms with van der Waals surface area (Å²) in [6.07, 6.45) is 5.66. The molecule has 1 aliphatic carbocycles. The largest absolute Gasteiger partial charge is 0.495 e. The van der Waals surface area contributed by atoms with Crippen LogP contribution in [0, 0.1) is 0 Å². The molecule has 3 aromatic heterocycles. The lowest BCUT2D eigenvalue weighted by molar-refractivity contribution is 0.373. The first-order valence-electron chi connectivity index (χ1n) is 12.6. The van der Waals surface area contributed by atoms with Gasteiger partial charge in [0, 0.05) is 47.1 Å². The molecule has 5 aromatic rings. The molecule has 1 fully saturated rings. The standard InChI is InChI=1S/C28H27N5O6S/c1-36-24-11-19-22(33-39-23(19)12-21(24)30-27-13-20(31-32-27)16-6-7-16)15-40(34,35)28-25(37-2)9-18(10-26(28)38-3)17-5-4-8-29-14-17/h4-5,8-14,16H,6-7,15H2,1-3H3,(H2,30,31,32). The van der Waals surface area contributed by atoms with E-state index in [2.05, 4.69) is 25.7 Å². The molecular weight excluding hydrogens is 534 g/mol. The van der Waals surface area contributed by atoms with E-state index in [0.29, 0.717) is 39.7 Å². The zero-order valence-corrected chi connectivity index (χ0v) is 22.9. The zero-order chi connectivity index (χ0) is 27.9. The third kappa shape index (κ3) is 4.81. The first-order chi connectivity index (χ1) is 19.4. The number of nitrogens with one attached hydrogen (secondary N) is 2. The highest BCUT2D eigenvalue weighted by atomic mass is 32.2. The van der Waals surface area contributed by atoms with Gasteiger partial charge in [-0.3, -0.25) is 10.1 Å². The third-order valence-corrected chi connectivity index (χ3v) is 8.52. The van der Waals surface area contributed by atoms with Crippen LogP contribution in [0.15, 0.2) is 64.3 Å². The lowest BCUT2D eigenvalue weighted by Gasteiger charge is -2.15. The summed E-state index contributed by atoms with van der Waals surface area (Å²) in [6, 6.07) is 12.4. The fraction of sp³-hybridized carbons (Fsp3) is 0.250. The number of benzene rings is 2. The Morgan fingerprint density at radius 2 is 1.75 bits per heavy atom. The highest BCUT2D eigenvalue weighted by molar-refractivity contribution is 7.90. The Bertz CT molecular complexity index is 1770. The molecule has 1 aliphatic rings. The number of aromatic amines is 1. The molecular formula is C28H27N5O6S. The van der Waals surface area contributed by atoms with Crippen LogP contribution in [0.25, 0.3) is 22.1 Å². The summed E-state index contributed by atoms with van der Waals surface area (Å²) in [5.41, 5.74) is 3.84. The molecule has 1 saturated carbocycles. The topological polar surface area (TPSA) is 141 Å². The number of anilines is 2. The Morgan fingerprint density at radius 3 is 2.40 bits per heavy atom. The second kappa shape index (κ2) is 10.2. The van der Waals surface area contributed by atoms with Crippen molar-refractivity contribution < 1.29 is 27.2 Å². The van der Waals surface area contributed by atoms with Crippen LogP contribution in [0.2, 0.25) is 0 Å². The van der Waals surface area contributed by atoms with Crippen LogP contribution in [0.3, 0.4) is 0 Å². The van der Waals surface area contributed by atoms with Gasteiger partial charge in [-0.15, -0.1) is 0 Å². The highest BCUT2D eigenvalue weighted by Gasteiger charge is 2.29. The maximum atomic E-state index is 13.8. The number of hydrogen-bond donors (Lipinski definition) is 2. The van der Waals surface area contributed by atoms with Gasteiger partial charge in [0.05, 0.1) is 27.0 Å². The van der Waals surface area contributed by atoms with Crippen molar-refractivity contribution in [3.8, 4) is 28.4 Å². The van der Waals surface area contributed by atoms with Gasteiger partial charge in [-0.1, -0.05) is 11.2 Å². The van der Waals surface area contributed by atoms with E-state index < -0.39 is 15.6 Å². The van der Waals surface area contributed by atoms with Crippen LogP contribution in [0.5, 0.6) is 17.2 Å². The molecule has 3 heterocycles. The van der Waals surface area contributed by atoms with E-state index in [1.165, 1.54) is 21.3 Å². The number of methoxy groups -OCH3 is 3. The molecule has 2 aromatic carbocycles. The van der Waals surface area contributed by atoms with Crippen LogP contribution in [-0.2, 0) is 15.6 Å². The number of nitrogens with zero attached hydrogens (tertiary/aromatic N) is 3. The van der Waals surface area contributed by atoms with Gasteiger partial charge in [-0.25, -0.2) is 8.42 Å². The molecule has 0 aliphatic heterocycles. The summed E-state index contributed by atoms with van der Waals surface area (Å²) >= 11 is 0. The summed E-state index contributed by atoms with van der Waals surface area (Å²) in [4.78, 5) is 4.07. The highest BCUT2D eigenvalue weighted by Crippen LogP contribution is 2.42. The Morgan fingerprint density at radius 1 is 1.00 bits per heavy atom. The van der Waals surface area contributed by atoms with E-state index in [0.717, 1.165) is 24.1 Å². The summed E-state index contributed by atoms with van der Waals surface area (Å²) in [6.45, 7) is 0. The van der Waals surface area contributed by atoms with Crippen molar-refractivity contribution in [1.82, 2.24) is 20.3 Å². The molecule has 12 heteroatoms. The van der Waals surface area contributed by atoms with Gasteiger partial charge < -0.3 is 24.1 Å². The van der Waals surface area contributed by atoms with E-state index in [-0.39, 0.29) is 22.1 Å². The zero-order valence-electron chi connectivity index (χ0n) is 22.1. The van der Waals surface area contributed by atoms with Gasteiger partial charge >= 0.3 is 0 Å². The molecule has 2 N–H and O–H groups in total. The maximum absolute atomic E-state index is 13.8. The second-order valence-electron chi connectivity index (χ2n) is 9.50. The minimum absolute atomic E-state index is 0.0726. The van der Waals surface area contributed by atoms with Crippen molar-refractivity contribution in [2.24, 2.45) is 0 Å². The minimum atomic E-state index is -4.00. The van der Waals surface area contributed by atoms with E-state index in [9.17, 15) is 8.42 Å². The molecule has 0 unspecified atom stereocenters. The molecule has 206 valence electrons. The van der Waals surface area contributed by atoms with E-state index >= 15 is 0 Å². The van der Waals surface area contributed by atoms with Gasteiger partial charge in [0.25, 0.3) is 0 Å². The Labute approximate surface area is 230 Å². The van der Waals surface area contributed by atoms with Crippen LogP contribution in [0.1, 0.15) is 30.1 Å². The van der Waals surface area contributed by atoms with E-state index in [4.69, 9.17) is 18.7 Å². The number of aromatic nitrogens is 4. The van der Waals surface area contributed by atoms with Gasteiger partial charge in [0.2, 0.25) is 0 Å². The van der Waals surface area contributed by atoms with Crippen molar-refractivity contribution in [2.75, 3.05) is 26.6 Å². The molecule has 11 nitrogen and oxygen atoms in total. The number of ether oxygens (including phenoxy) is 3. The van der Waals surface area contributed by atoms with E-state index in [1.807, 2.05) is 12.1 Å². The fourth-order valence-corrected chi connectivity index (χ4v) is 6.28. The molecule has 0 amide bonds. The van der Waals surface area contributed by atoms with E-state index in [1.54, 1.807) is 42.7 Å². The monoisotopic (exact) mass is 561 g/mol. The Hall–Kier alpha value is -4.58. The number of rotatable bonds is 10.